The highest BCUT2D eigenvalue weighted by Crippen LogP contribution is 2.03. The van der Waals surface area contributed by atoms with Crippen LogP contribution in [0.1, 0.15) is 46.0 Å². The van der Waals surface area contributed by atoms with E-state index in [1.807, 2.05) is 0 Å². The average Bonchev–Trinajstić information content (AvgIpc) is 2.30. The molecular formula is C13H27N3O2. The molecule has 1 atom stereocenters. The number of amides is 2. The summed E-state index contributed by atoms with van der Waals surface area (Å²) >= 11 is 0. The molecule has 0 saturated carbocycles. The molecule has 1 unspecified atom stereocenters. The lowest BCUT2D eigenvalue weighted by Crippen LogP contribution is -2.39. The van der Waals surface area contributed by atoms with Crippen molar-refractivity contribution in [1.82, 2.24) is 10.6 Å². The molecule has 0 fully saturated rings. The number of carbonyl (C=O) groups excluding carboxylic acids is 2. The third kappa shape index (κ3) is 8.98. The second-order valence-electron chi connectivity index (χ2n) is 5.02. The van der Waals surface area contributed by atoms with Crippen LogP contribution in [0.3, 0.4) is 0 Å². The zero-order chi connectivity index (χ0) is 14.0. The maximum Gasteiger partial charge on any atom is 0.234 e. The fraction of sp³-hybridized carbons (Fsp3) is 0.846. The van der Waals surface area contributed by atoms with Gasteiger partial charge in [0.2, 0.25) is 11.8 Å². The third-order valence-electron chi connectivity index (χ3n) is 2.88. The van der Waals surface area contributed by atoms with E-state index in [0.717, 1.165) is 19.3 Å². The zero-order valence-electron chi connectivity index (χ0n) is 11.8. The van der Waals surface area contributed by atoms with E-state index in [2.05, 4.69) is 24.5 Å². The Morgan fingerprint density at radius 3 is 2.33 bits per heavy atom. The number of rotatable bonds is 10. The standard InChI is InChI=1S/C13H27N3O2/c1-10(2)7-8-12(17)16-9-5-4-6-11(15-3)13(14)18/h10-11,15H,4-9H2,1-3H3,(H2,14,18)(H,16,17). The van der Waals surface area contributed by atoms with Gasteiger partial charge in [-0.05, 0) is 38.6 Å². The molecule has 0 spiro atoms. The first-order chi connectivity index (χ1) is 8.47. The van der Waals surface area contributed by atoms with Gasteiger partial charge in [-0.2, -0.15) is 0 Å². The van der Waals surface area contributed by atoms with Crippen LogP contribution >= 0.6 is 0 Å². The summed E-state index contributed by atoms with van der Waals surface area (Å²) in [4.78, 5) is 22.4. The fourth-order valence-electron chi connectivity index (χ4n) is 1.64. The van der Waals surface area contributed by atoms with E-state index in [1.54, 1.807) is 7.05 Å². The highest BCUT2D eigenvalue weighted by Gasteiger charge is 2.11. The molecule has 4 N–H and O–H groups in total. The van der Waals surface area contributed by atoms with Gasteiger partial charge in [-0.1, -0.05) is 13.8 Å². The van der Waals surface area contributed by atoms with Gasteiger partial charge in [0.25, 0.3) is 0 Å². The Morgan fingerprint density at radius 2 is 1.83 bits per heavy atom. The van der Waals surface area contributed by atoms with E-state index in [0.29, 0.717) is 25.3 Å². The van der Waals surface area contributed by atoms with Gasteiger partial charge in [0.15, 0.2) is 0 Å². The molecule has 0 aromatic rings. The van der Waals surface area contributed by atoms with Crippen LogP contribution in [0.5, 0.6) is 0 Å². The number of nitrogens with two attached hydrogens (primary N) is 1. The Hall–Kier alpha value is -1.10. The largest absolute Gasteiger partial charge is 0.368 e. The first-order valence-electron chi connectivity index (χ1n) is 6.70. The van der Waals surface area contributed by atoms with Crippen molar-refractivity contribution in [3.8, 4) is 0 Å². The van der Waals surface area contributed by atoms with Crippen LogP contribution < -0.4 is 16.4 Å². The number of hydrogen-bond acceptors (Lipinski definition) is 3. The van der Waals surface area contributed by atoms with Crippen molar-refractivity contribution in [3.63, 3.8) is 0 Å². The molecule has 18 heavy (non-hydrogen) atoms. The van der Waals surface area contributed by atoms with Gasteiger partial charge >= 0.3 is 0 Å². The average molecular weight is 257 g/mol. The van der Waals surface area contributed by atoms with E-state index >= 15 is 0 Å². The summed E-state index contributed by atoms with van der Waals surface area (Å²) in [7, 11) is 1.73. The number of likely N-dealkylation sites (N-methyl/N-ethyl adjacent to an activating group) is 1. The molecule has 5 heteroatoms. The van der Waals surface area contributed by atoms with Gasteiger partial charge in [-0.15, -0.1) is 0 Å². The molecule has 2 amide bonds. The number of primary amides is 1. The summed E-state index contributed by atoms with van der Waals surface area (Å²) in [5.41, 5.74) is 5.21. The van der Waals surface area contributed by atoms with Crippen molar-refractivity contribution < 1.29 is 9.59 Å². The highest BCUT2D eigenvalue weighted by molar-refractivity contribution is 5.79. The van der Waals surface area contributed by atoms with Crippen LogP contribution in [0.2, 0.25) is 0 Å². The highest BCUT2D eigenvalue weighted by atomic mass is 16.2. The topological polar surface area (TPSA) is 84.2 Å². The van der Waals surface area contributed by atoms with E-state index in [9.17, 15) is 9.59 Å². The molecule has 0 heterocycles. The van der Waals surface area contributed by atoms with Crippen LogP contribution in [0.25, 0.3) is 0 Å². The predicted molar refractivity (Wildman–Crippen MR) is 73.0 cm³/mol. The van der Waals surface area contributed by atoms with Crippen molar-refractivity contribution in [2.75, 3.05) is 13.6 Å². The lowest BCUT2D eigenvalue weighted by atomic mass is 10.1. The Balaban J connectivity index is 3.50. The fourth-order valence-corrected chi connectivity index (χ4v) is 1.64. The number of carbonyl (C=O) groups is 2. The maximum absolute atomic E-state index is 11.4. The second kappa shape index (κ2) is 9.88. The van der Waals surface area contributed by atoms with Gasteiger partial charge < -0.3 is 16.4 Å². The van der Waals surface area contributed by atoms with E-state index in [4.69, 9.17) is 5.73 Å². The normalized spacial score (nSPS) is 12.4. The molecule has 0 bridgehead atoms. The Morgan fingerprint density at radius 1 is 1.17 bits per heavy atom. The molecule has 0 aromatic carbocycles. The molecular weight excluding hydrogens is 230 g/mol. The van der Waals surface area contributed by atoms with E-state index in [1.165, 1.54) is 0 Å². The summed E-state index contributed by atoms with van der Waals surface area (Å²) < 4.78 is 0. The molecule has 0 rings (SSSR count). The molecule has 0 radical (unpaired) electrons. The Labute approximate surface area is 110 Å². The maximum atomic E-state index is 11.4. The summed E-state index contributed by atoms with van der Waals surface area (Å²) in [5, 5.41) is 5.76. The molecule has 0 aliphatic carbocycles. The molecule has 0 saturated heterocycles. The monoisotopic (exact) mass is 257 g/mol. The first kappa shape index (κ1) is 16.9. The third-order valence-corrected chi connectivity index (χ3v) is 2.88. The SMILES string of the molecule is CNC(CCCCNC(=O)CCC(C)C)C(N)=O. The van der Waals surface area contributed by atoms with E-state index in [-0.39, 0.29) is 17.9 Å². The molecule has 0 aromatic heterocycles. The lowest BCUT2D eigenvalue weighted by Gasteiger charge is -2.12. The summed E-state index contributed by atoms with van der Waals surface area (Å²) in [6.07, 6.45) is 3.99. The van der Waals surface area contributed by atoms with Crippen LogP contribution in [-0.2, 0) is 9.59 Å². The molecule has 0 aliphatic heterocycles. The number of hydrogen-bond donors (Lipinski definition) is 3. The van der Waals surface area contributed by atoms with Gasteiger partial charge in [0.1, 0.15) is 0 Å². The van der Waals surface area contributed by atoms with Crippen LogP contribution in [0, 0.1) is 5.92 Å². The smallest absolute Gasteiger partial charge is 0.234 e. The molecule has 106 valence electrons. The summed E-state index contributed by atoms with van der Waals surface area (Å²) in [5.74, 6) is 0.352. The number of nitrogens with one attached hydrogen (secondary N) is 2. The minimum Gasteiger partial charge on any atom is -0.368 e. The van der Waals surface area contributed by atoms with Gasteiger partial charge in [-0.3, -0.25) is 9.59 Å². The van der Waals surface area contributed by atoms with E-state index < -0.39 is 0 Å². The van der Waals surface area contributed by atoms with Crippen LogP contribution in [0.4, 0.5) is 0 Å². The lowest BCUT2D eigenvalue weighted by molar-refractivity contribution is -0.121. The molecule has 5 nitrogen and oxygen atoms in total. The number of unbranched alkanes of at least 4 members (excludes halogenated alkanes) is 1. The zero-order valence-corrected chi connectivity index (χ0v) is 11.8. The Bertz CT molecular complexity index is 255. The second-order valence-corrected chi connectivity index (χ2v) is 5.02. The van der Waals surface area contributed by atoms with Crippen molar-refractivity contribution in [3.05, 3.63) is 0 Å². The van der Waals surface area contributed by atoms with Gasteiger partial charge in [0.05, 0.1) is 6.04 Å². The van der Waals surface area contributed by atoms with Crippen LogP contribution in [0.15, 0.2) is 0 Å². The molecule has 0 aliphatic rings. The Kier molecular flexibility index (Phi) is 9.28. The van der Waals surface area contributed by atoms with Crippen molar-refractivity contribution in [2.45, 2.75) is 52.0 Å². The van der Waals surface area contributed by atoms with Gasteiger partial charge in [0, 0.05) is 13.0 Å². The summed E-state index contributed by atoms with van der Waals surface area (Å²) in [6, 6.07) is -0.262. The summed E-state index contributed by atoms with van der Waals surface area (Å²) in [6.45, 7) is 4.89. The quantitative estimate of drug-likeness (QED) is 0.506. The minimum absolute atomic E-state index is 0.115. The minimum atomic E-state index is -0.321. The first-order valence-corrected chi connectivity index (χ1v) is 6.70. The van der Waals surface area contributed by atoms with Crippen molar-refractivity contribution in [1.29, 1.82) is 0 Å². The van der Waals surface area contributed by atoms with Crippen molar-refractivity contribution >= 4 is 11.8 Å². The van der Waals surface area contributed by atoms with Crippen LogP contribution in [-0.4, -0.2) is 31.4 Å². The predicted octanol–water partition coefficient (Wildman–Crippen LogP) is 0.782. The van der Waals surface area contributed by atoms with Gasteiger partial charge in [-0.25, -0.2) is 0 Å². The van der Waals surface area contributed by atoms with Crippen molar-refractivity contribution in [2.24, 2.45) is 11.7 Å².